The summed E-state index contributed by atoms with van der Waals surface area (Å²) in [7, 11) is 2.04. The highest BCUT2D eigenvalue weighted by Crippen LogP contribution is 2.16. The molecule has 5 nitrogen and oxygen atoms in total. The summed E-state index contributed by atoms with van der Waals surface area (Å²) in [6.45, 7) is 3.56. The Morgan fingerprint density at radius 1 is 1.12 bits per heavy atom. The van der Waals surface area contributed by atoms with E-state index in [2.05, 4.69) is 26.8 Å². The van der Waals surface area contributed by atoms with E-state index in [1.54, 1.807) is 6.07 Å². The smallest absolute Gasteiger partial charge is 0.248 e. The number of aromatic nitrogens is 3. The molecule has 0 radical (unpaired) electrons. The molecule has 1 N–H and O–H groups in total. The highest BCUT2D eigenvalue weighted by Gasteiger charge is 2.08. The van der Waals surface area contributed by atoms with Crippen LogP contribution in [0.25, 0.3) is 10.9 Å². The normalized spacial score (nSPS) is 11.3. The van der Waals surface area contributed by atoms with Crippen molar-refractivity contribution in [1.82, 2.24) is 19.9 Å². The third-order valence-electron chi connectivity index (χ3n) is 3.96. The SMILES string of the molecule is CCCc1ncc(CN(C)Cc2cc(=O)[nH]c3ccccc23)cn1. The first-order valence-corrected chi connectivity index (χ1v) is 8.25. The molecule has 3 aromatic rings. The zero-order chi connectivity index (χ0) is 16.9. The molecule has 2 heterocycles. The van der Waals surface area contributed by atoms with Crippen molar-refractivity contribution >= 4 is 10.9 Å². The van der Waals surface area contributed by atoms with E-state index in [1.165, 1.54) is 0 Å². The van der Waals surface area contributed by atoms with Crippen LogP contribution in [0.15, 0.2) is 47.5 Å². The molecule has 24 heavy (non-hydrogen) atoms. The van der Waals surface area contributed by atoms with Crippen LogP contribution in [0.4, 0.5) is 0 Å². The topological polar surface area (TPSA) is 61.9 Å². The van der Waals surface area contributed by atoms with Gasteiger partial charge in [-0.3, -0.25) is 9.69 Å². The molecule has 0 aliphatic heterocycles. The summed E-state index contributed by atoms with van der Waals surface area (Å²) >= 11 is 0. The van der Waals surface area contributed by atoms with Gasteiger partial charge in [0.25, 0.3) is 0 Å². The van der Waals surface area contributed by atoms with Crippen LogP contribution in [0.1, 0.15) is 30.3 Å². The fourth-order valence-electron chi connectivity index (χ4n) is 2.88. The molecule has 0 unspecified atom stereocenters. The molecule has 0 atom stereocenters. The average Bonchev–Trinajstić information content (AvgIpc) is 2.57. The standard InChI is InChI=1S/C19H22N4O/c1-3-6-18-20-10-14(11-21-18)12-23(2)13-15-9-19(24)22-17-8-5-4-7-16(15)17/h4-5,7-11H,3,6,12-13H2,1-2H3,(H,22,24). The molecule has 0 spiro atoms. The van der Waals surface area contributed by atoms with Crippen LogP contribution in [-0.4, -0.2) is 26.9 Å². The summed E-state index contributed by atoms with van der Waals surface area (Å²) in [4.78, 5) is 25.7. The second-order valence-electron chi connectivity index (χ2n) is 6.13. The molecular weight excluding hydrogens is 300 g/mol. The highest BCUT2D eigenvalue weighted by molar-refractivity contribution is 5.81. The number of H-pyrrole nitrogens is 1. The van der Waals surface area contributed by atoms with Gasteiger partial charge in [-0.05, 0) is 25.1 Å². The summed E-state index contributed by atoms with van der Waals surface area (Å²) in [5.74, 6) is 0.893. The van der Waals surface area contributed by atoms with Crippen molar-refractivity contribution in [3.05, 3.63) is 70.0 Å². The molecule has 1 aromatic carbocycles. The summed E-state index contributed by atoms with van der Waals surface area (Å²) in [6, 6.07) is 9.57. The number of fused-ring (bicyclic) bond motifs is 1. The quantitative estimate of drug-likeness (QED) is 0.758. The van der Waals surface area contributed by atoms with E-state index in [4.69, 9.17) is 0 Å². The lowest BCUT2D eigenvalue weighted by Crippen LogP contribution is -2.19. The highest BCUT2D eigenvalue weighted by atomic mass is 16.1. The fourth-order valence-corrected chi connectivity index (χ4v) is 2.88. The van der Waals surface area contributed by atoms with Crippen LogP contribution in [0.3, 0.4) is 0 Å². The van der Waals surface area contributed by atoms with E-state index < -0.39 is 0 Å². The Morgan fingerprint density at radius 2 is 1.88 bits per heavy atom. The maximum atomic E-state index is 11.8. The molecule has 0 bridgehead atoms. The van der Waals surface area contributed by atoms with Gasteiger partial charge in [-0.15, -0.1) is 0 Å². The predicted octanol–water partition coefficient (Wildman–Crippen LogP) is 2.90. The van der Waals surface area contributed by atoms with Crippen molar-refractivity contribution in [3.63, 3.8) is 0 Å². The first kappa shape index (κ1) is 16.3. The van der Waals surface area contributed by atoms with Gasteiger partial charge < -0.3 is 4.98 Å². The summed E-state index contributed by atoms with van der Waals surface area (Å²) < 4.78 is 0. The van der Waals surface area contributed by atoms with E-state index in [1.807, 2.05) is 43.7 Å². The molecule has 2 aromatic heterocycles. The molecule has 124 valence electrons. The van der Waals surface area contributed by atoms with Crippen molar-refractivity contribution < 1.29 is 0 Å². The maximum Gasteiger partial charge on any atom is 0.248 e. The van der Waals surface area contributed by atoms with Gasteiger partial charge in [0.05, 0.1) is 0 Å². The zero-order valence-electron chi connectivity index (χ0n) is 14.1. The molecule has 3 rings (SSSR count). The van der Waals surface area contributed by atoms with Crippen LogP contribution >= 0.6 is 0 Å². The van der Waals surface area contributed by atoms with Gasteiger partial charge in [-0.1, -0.05) is 25.1 Å². The molecule has 0 saturated heterocycles. The molecule has 0 saturated carbocycles. The Hall–Kier alpha value is -2.53. The fraction of sp³-hybridized carbons (Fsp3) is 0.316. The number of aryl methyl sites for hydroxylation is 1. The zero-order valence-corrected chi connectivity index (χ0v) is 14.1. The lowest BCUT2D eigenvalue weighted by Gasteiger charge is -2.17. The Balaban J connectivity index is 1.75. The van der Waals surface area contributed by atoms with E-state index in [-0.39, 0.29) is 5.56 Å². The Bertz CT molecular complexity index is 870. The van der Waals surface area contributed by atoms with Gasteiger partial charge in [0.15, 0.2) is 0 Å². The lowest BCUT2D eigenvalue weighted by atomic mass is 10.1. The van der Waals surface area contributed by atoms with Crippen LogP contribution in [0.5, 0.6) is 0 Å². The summed E-state index contributed by atoms with van der Waals surface area (Å²) in [5.41, 5.74) is 2.91. The molecule has 0 amide bonds. The molecule has 0 fully saturated rings. The number of aromatic amines is 1. The number of pyridine rings is 1. The summed E-state index contributed by atoms with van der Waals surface area (Å²) in [5, 5.41) is 1.08. The van der Waals surface area contributed by atoms with Gasteiger partial charge in [-0.2, -0.15) is 0 Å². The second-order valence-corrected chi connectivity index (χ2v) is 6.13. The van der Waals surface area contributed by atoms with Crippen molar-refractivity contribution in [1.29, 1.82) is 0 Å². The molecule has 0 aliphatic carbocycles. The monoisotopic (exact) mass is 322 g/mol. The molecule has 0 aliphatic rings. The second kappa shape index (κ2) is 7.36. The first-order valence-electron chi connectivity index (χ1n) is 8.25. The number of nitrogens with one attached hydrogen (secondary N) is 1. The van der Waals surface area contributed by atoms with Gasteiger partial charge >= 0.3 is 0 Å². The maximum absolute atomic E-state index is 11.8. The van der Waals surface area contributed by atoms with Gasteiger partial charge in [-0.25, -0.2) is 9.97 Å². The molecular formula is C19H22N4O. The minimum Gasteiger partial charge on any atom is -0.322 e. The lowest BCUT2D eigenvalue weighted by molar-refractivity contribution is 0.319. The van der Waals surface area contributed by atoms with Crippen LogP contribution in [0, 0.1) is 0 Å². The third kappa shape index (κ3) is 3.86. The number of nitrogens with zero attached hydrogens (tertiary/aromatic N) is 3. The Kier molecular flexibility index (Phi) is 5.01. The predicted molar refractivity (Wildman–Crippen MR) is 95.8 cm³/mol. The molecule has 5 heteroatoms. The van der Waals surface area contributed by atoms with Gasteiger partial charge in [0, 0.05) is 54.4 Å². The Morgan fingerprint density at radius 3 is 2.62 bits per heavy atom. The van der Waals surface area contributed by atoms with Crippen molar-refractivity contribution in [2.75, 3.05) is 7.05 Å². The number of hydrogen-bond donors (Lipinski definition) is 1. The third-order valence-corrected chi connectivity index (χ3v) is 3.96. The average molecular weight is 322 g/mol. The minimum atomic E-state index is -0.0654. The number of hydrogen-bond acceptors (Lipinski definition) is 4. The number of para-hydroxylation sites is 1. The summed E-state index contributed by atoms with van der Waals surface area (Å²) in [6.07, 6.45) is 5.75. The van der Waals surface area contributed by atoms with Gasteiger partial charge in [0.1, 0.15) is 5.82 Å². The van der Waals surface area contributed by atoms with E-state index >= 15 is 0 Å². The van der Waals surface area contributed by atoms with Crippen molar-refractivity contribution in [2.45, 2.75) is 32.9 Å². The Labute approximate surface area is 141 Å². The van der Waals surface area contributed by atoms with Crippen molar-refractivity contribution in [2.24, 2.45) is 0 Å². The number of rotatable bonds is 6. The minimum absolute atomic E-state index is 0.0654. The largest absolute Gasteiger partial charge is 0.322 e. The van der Waals surface area contributed by atoms with Crippen molar-refractivity contribution in [3.8, 4) is 0 Å². The van der Waals surface area contributed by atoms with E-state index in [0.29, 0.717) is 6.54 Å². The first-order chi connectivity index (χ1) is 11.7. The van der Waals surface area contributed by atoms with Gasteiger partial charge in [0.2, 0.25) is 5.56 Å². The number of benzene rings is 1. The van der Waals surface area contributed by atoms with E-state index in [0.717, 1.165) is 47.2 Å². The van der Waals surface area contributed by atoms with E-state index in [9.17, 15) is 4.79 Å². The van der Waals surface area contributed by atoms with Crippen LogP contribution < -0.4 is 5.56 Å². The van der Waals surface area contributed by atoms with Crippen LogP contribution in [0.2, 0.25) is 0 Å². The van der Waals surface area contributed by atoms with Crippen LogP contribution in [-0.2, 0) is 19.5 Å².